The van der Waals surface area contributed by atoms with Crippen molar-refractivity contribution in [3.63, 3.8) is 0 Å². The minimum atomic E-state index is 0.749. The maximum Gasteiger partial charge on any atom is 0.155 e. The summed E-state index contributed by atoms with van der Waals surface area (Å²) in [5.41, 5.74) is 5.12. The normalized spacial score (nSPS) is 10.8. The van der Waals surface area contributed by atoms with Gasteiger partial charge in [0.05, 0.1) is 16.7 Å². The van der Waals surface area contributed by atoms with Gasteiger partial charge in [-0.1, -0.05) is 60.7 Å². The van der Waals surface area contributed by atoms with Gasteiger partial charge in [0.2, 0.25) is 0 Å². The first-order valence-corrected chi connectivity index (χ1v) is 8.41. The Morgan fingerprint density at radius 2 is 1.24 bits per heavy atom. The van der Waals surface area contributed by atoms with E-state index in [2.05, 4.69) is 53.4 Å². The molecule has 0 aliphatic rings. The number of rotatable bonds is 4. The molecule has 1 heterocycles. The van der Waals surface area contributed by atoms with E-state index < -0.39 is 0 Å². The van der Waals surface area contributed by atoms with Crippen LogP contribution in [-0.4, -0.2) is 9.97 Å². The summed E-state index contributed by atoms with van der Waals surface area (Å²) in [5, 5.41) is 0. The number of para-hydroxylation sites is 3. The molecular weight excluding hydrogens is 306 g/mol. The molecule has 0 saturated carbocycles. The molecule has 0 spiro atoms. The van der Waals surface area contributed by atoms with Crippen LogP contribution in [0.5, 0.6) is 0 Å². The van der Waals surface area contributed by atoms with E-state index in [4.69, 9.17) is 9.97 Å². The number of anilines is 2. The molecule has 1 aromatic heterocycles. The molecule has 0 fully saturated rings. The van der Waals surface area contributed by atoms with Gasteiger partial charge in [0, 0.05) is 12.2 Å². The van der Waals surface area contributed by atoms with Crippen LogP contribution in [0.2, 0.25) is 0 Å². The maximum absolute atomic E-state index is 4.91. The van der Waals surface area contributed by atoms with Gasteiger partial charge in [-0.25, -0.2) is 9.97 Å². The second-order valence-electron chi connectivity index (χ2n) is 6.03. The molecule has 122 valence electrons. The van der Waals surface area contributed by atoms with Crippen LogP contribution in [0.4, 0.5) is 11.5 Å². The Balaban J connectivity index is 1.84. The molecule has 4 rings (SSSR count). The predicted octanol–water partition coefficient (Wildman–Crippen LogP) is 5.28. The number of aryl methyl sites for hydroxylation is 1. The van der Waals surface area contributed by atoms with Gasteiger partial charge in [0.25, 0.3) is 0 Å². The number of hydrogen-bond acceptors (Lipinski definition) is 3. The molecule has 0 N–H and O–H groups in total. The summed E-state index contributed by atoms with van der Waals surface area (Å²) in [5.74, 6) is 0.897. The van der Waals surface area contributed by atoms with Crippen molar-refractivity contribution in [2.45, 2.75) is 13.5 Å². The van der Waals surface area contributed by atoms with Crippen molar-refractivity contribution in [2.75, 3.05) is 4.90 Å². The average molecular weight is 325 g/mol. The minimum absolute atomic E-state index is 0.749. The third-order valence-corrected chi connectivity index (χ3v) is 4.23. The standard InChI is InChI=1S/C22H19N3/c1-17-22(24-21-15-9-8-14-20(21)23-17)25(19-12-6-3-7-13-19)16-18-10-4-2-5-11-18/h2-15H,16H2,1H3. The molecule has 3 nitrogen and oxygen atoms in total. The molecule has 25 heavy (non-hydrogen) atoms. The molecule has 3 heteroatoms. The van der Waals surface area contributed by atoms with Crippen LogP contribution in [0.15, 0.2) is 84.9 Å². The fourth-order valence-corrected chi connectivity index (χ4v) is 3.00. The van der Waals surface area contributed by atoms with E-state index in [1.807, 2.05) is 43.3 Å². The number of nitrogens with zero attached hydrogens (tertiary/aromatic N) is 3. The van der Waals surface area contributed by atoms with E-state index in [9.17, 15) is 0 Å². The highest BCUT2D eigenvalue weighted by Gasteiger charge is 2.15. The van der Waals surface area contributed by atoms with Crippen molar-refractivity contribution in [3.8, 4) is 0 Å². The molecule has 0 aliphatic heterocycles. The minimum Gasteiger partial charge on any atom is -0.320 e. The lowest BCUT2D eigenvalue weighted by Crippen LogP contribution is -2.19. The lowest BCUT2D eigenvalue weighted by molar-refractivity contribution is 0.933. The molecule has 4 aromatic rings. The second kappa shape index (κ2) is 6.73. The van der Waals surface area contributed by atoms with E-state index in [1.54, 1.807) is 0 Å². The molecule has 0 aliphatic carbocycles. The lowest BCUT2D eigenvalue weighted by Gasteiger charge is -2.25. The van der Waals surface area contributed by atoms with Crippen molar-refractivity contribution in [1.29, 1.82) is 0 Å². The van der Waals surface area contributed by atoms with Gasteiger partial charge >= 0.3 is 0 Å². The third-order valence-electron chi connectivity index (χ3n) is 4.23. The Morgan fingerprint density at radius 3 is 1.92 bits per heavy atom. The van der Waals surface area contributed by atoms with Crippen molar-refractivity contribution in [1.82, 2.24) is 9.97 Å². The smallest absolute Gasteiger partial charge is 0.155 e. The summed E-state index contributed by atoms with van der Waals surface area (Å²) >= 11 is 0. The fraction of sp³-hybridized carbons (Fsp3) is 0.0909. The first-order valence-electron chi connectivity index (χ1n) is 8.41. The zero-order valence-electron chi connectivity index (χ0n) is 14.1. The number of benzene rings is 3. The van der Waals surface area contributed by atoms with Crippen LogP contribution in [0.25, 0.3) is 11.0 Å². The summed E-state index contributed by atoms with van der Waals surface area (Å²) in [6, 6.07) is 28.8. The van der Waals surface area contributed by atoms with Gasteiger partial charge in [-0.3, -0.25) is 0 Å². The van der Waals surface area contributed by atoms with Crippen molar-refractivity contribution in [2.24, 2.45) is 0 Å². The van der Waals surface area contributed by atoms with Gasteiger partial charge in [-0.15, -0.1) is 0 Å². The summed E-state index contributed by atoms with van der Waals surface area (Å²) < 4.78 is 0. The highest BCUT2D eigenvalue weighted by Crippen LogP contribution is 2.29. The molecule has 0 atom stereocenters. The largest absolute Gasteiger partial charge is 0.320 e. The van der Waals surface area contributed by atoms with Crippen molar-refractivity contribution >= 4 is 22.5 Å². The van der Waals surface area contributed by atoms with Crippen LogP contribution < -0.4 is 4.90 Å². The zero-order chi connectivity index (χ0) is 17.1. The topological polar surface area (TPSA) is 29.0 Å². The number of hydrogen-bond donors (Lipinski definition) is 0. The molecule has 0 unspecified atom stereocenters. The SMILES string of the molecule is Cc1nc2ccccc2nc1N(Cc1ccccc1)c1ccccc1. The molecule has 0 radical (unpaired) electrons. The number of aromatic nitrogens is 2. The fourth-order valence-electron chi connectivity index (χ4n) is 3.00. The molecule has 0 saturated heterocycles. The first-order chi connectivity index (χ1) is 12.3. The number of fused-ring (bicyclic) bond motifs is 1. The van der Waals surface area contributed by atoms with E-state index in [-0.39, 0.29) is 0 Å². The monoisotopic (exact) mass is 325 g/mol. The predicted molar refractivity (Wildman–Crippen MR) is 103 cm³/mol. The molecule has 3 aromatic carbocycles. The lowest BCUT2D eigenvalue weighted by atomic mass is 10.2. The summed E-state index contributed by atoms with van der Waals surface area (Å²) in [4.78, 5) is 11.9. The van der Waals surface area contributed by atoms with Gasteiger partial charge < -0.3 is 4.90 Å². The quantitative estimate of drug-likeness (QED) is 0.511. The average Bonchev–Trinajstić information content (AvgIpc) is 2.67. The highest BCUT2D eigenvalue weighted by molar-refractivity contribution is 5.77. The summed E-state index contributed by atoms with van der Waals surface area (Å²) in [7, 11) is 0. The van der Waals surface area contributed by atoms with E-state index in [0.29, 0.717) is 0 Å². The Hall–Kier alpha value is -3.20. The van der Waals surface area contributed by atoms with Crippen molar-refractivity contribution in [3.05, 3.63) is 96.2 Å². The third kappa shape index (κ3) is 3.22. The highest BCUT2D eigenvalue weighted by atomic mass is 15.2. The molecule has 0 bridgehead atoms. The van der Waals surface area contributed by atoms with E-state index in [0.717, 1.165) is 34.8 Å². The molecular formula is C22H19N3. The van der Waals surface area contributed by atoms with Gasteiger partial charge in [-0.2, -0.15) is 0 Å². The Bertz CT molecular complexity index is 982. The first kappa shape index (κ1) is 15.3. The van der Waals surface area contributed by atoms with Crippen LogP contribution in [0, 0.1) is 6.92 Å². The maximum atomic E-state index is 4.91. The van der Waals surface area contributed by atoms with Gasteiger partial charge in [-0.05, 0) is 36.8 Å². The summed E-state index contributed by atoms with van der Waals surface area (Å²) in [6.45, 7) is 2.77. The van der Waals surface area contributed by atoms with Crippen LogP contribution >= 0.6 is 0 Å². The Kier molecular flexibility index (Phi) is 4.13. The summed E-state index contributed by atoms with van der Waals surface area (Å²) in [6.07, 6.45) is 0. The van der Waals surface area contributed by atoms with E-state index in [1.165, 1.54) is 5.56 Å². The van der Waals surface area contributed by atoms with Gasteiger partial charge in [0.1, 0.15) is 0 Å². The van der Waals surface area contributed by atoms with Crippen LogP contribution in [0.3, 0.4) is 0 Å². The zero-order valence-corrected chi connectivity index (χ0v) is 14.1. The molecule has 0 amide bonds. The van der Waals surface area contributed by atoms with Crippen LogP contribution in [0.1, 0.15) is 11.3 Å². The van der Waals surface area contributed by atoms with Crippen molar-refractivity contribution < 1.29 is 0 Å². The second-order valence-corrected chi connectivity index (χ2v) is 6.03. The van der Waals surface area contributed by atoms with Crippen LogP contribution in [-0.2, 0) is 6.54 Å². The van der Waals surface area contributed by atoms with E-state index >= 15 is 0 Å². The Labute approximate surface area is 147 Å². The van der Waals surface area contributed by atoms with Gasteiger partial charge in [0.15, 0.2) is 5.82 Å². The Morgan fingerprint density at radius 1 is 0.680 bits per heavy atom.